The number of hydrogen-bond acceptors (Lipinski definition) is 2. The Bertz CT molecular complexity index is 482. The van der Waals surface area contributed by atoms with Gasteiger partial charge in [-0.15, -0.1) is 5.10 Å². The molecule has 3 nitrogen and oxygen atoms in total. The summed E-state index contributed by atoms with van der Waals surface area (Å²) >= 11 is 6.80. The lowest BCUT2D eigenvalue weighted by Crippen LogP contribution is -1.90. The third kappa shape index (κ3) is 2.60. The Kier molecular flexibility index (Phi) is 3.11. The van der Waals surface area contributed by atoms with Gasteiger partial charge < -0.3 is 4.74 Å². The number of hydrogen-bond donors (Lipinski definition) is 0. The maximum absolute atomic E-state index is 5.59. The molecule has 0 bridgehead atoms. The van der Waals surface area contributed by atoms with Gasteiger partial charge in [-0.1, -0.05) is 15.9 Å². The van der Waals surface area contributed by atoms with Crippen molar-refractivity contribution >= 4 is 31.9 Å². The van der Waals surface area contributed by atoms with Crippen molar-refractivity contribution in [2.75, 3.05) is 0 Å². The second kappa shape index (κ2) is 4.37. The lowest BCUT2D eigenvalue weighted by molar-refractivity contribution is 0.451. The minimum Gasteiger partial charge on any atom is -0.436 e. The number of aromatic nitrogens is 2. The Hall–Kier alpha value is -0.810. The zero-order chi connectivity index (χ0) is 10.8. The van der Waals surface area contributed by atoms with Crippen molar-refractivity contribution in [3.8, 4) is 11.6 Å². The van der Waals surface area contributed by atoms with Crippen LogP contribution in [0.4, 0.5) is 0 Å². The van der Waals surface area contributed by atoms with E-state index in [1.165, 1.54) is 0 Å². The number of halogens is 2. The molecule has 0 amide bonds. The maximum Gasteiger partial charge on any atom is 0.238 e. The molecule has 0 radical (unpaired) electrons. The van der Waals surface area contributed by atoms with E-state index in [2.05, 4.69) is 37.0 Å². The van der Waals surface area contributed by atoms with Crippen LogP contribution in [0.1, 0.15) is 0 Å². The highest BCUT2D eigenvalue weighted by Gasteiger charge is 2.04. The predicted octanol–water partition coefficient (Wildman–Crippen LogP) is 3.74. The number of nitrogens with zero attached hydrogens (tertiary/aromatic N) is 2. The van der Waals surface area contributed by atoms with E-state index in [-0.39, 0.29) is 0 Å². The molecule has 0 N–H and O–H groups in total. The highest BCUT2D eigenvalue weighted by molar-refractivity contribution is 9.11. The SMILES string of the molecule is Cn1ccc(Oc2ccc(Br)cc2Br)n1. The van der Waals surface area contributed by atoms with E-state index in [1.54, 1.807) is 4.68 Å². The fourth-order valence-corrected chi connectivity index (χ4v) is 2.25. The van der Waals surface area contributed by atoms with Gasteiger partial charge in [0, 0.05) is 23.8 Å². The zero-order valence-electron chi connectivity index (χ0n) is 7.95. The molecule has 0 aliphatic carbocycles. The lowest BCUT2D eigenvalue weighted by atomic mass is 10.3. The molecule has 0 saturated heterocycles. The summed E-state index contributed by atoms with van der Waals surface area (Å²) in [5, 5.41) is 4.13. The maximum atomic E-state index is 5.59. The smallest absolute Gasteiger partial charge is 0.238 e. The predicted molar refractivity (Wildman–Crippen MR) is 65.1 cm³/mol. The van der Waals surface area contributed by atoms with Gasteiger partial charge in [0.05, 0.1) is 4.47 Å². The van der Waals surface area contributed by atoms with Gasteiger partial charge >= 0.3 is 0 Å². The van der Waals surface area contributed by atoms with Crippen molar-refractivity contribution in [2.24, 2.45) is 7.05 Å². The molecule has 0 aliphatic rings. The molecule has 78 valence electrons. The van der Waals surface area contributed by atoms with E-state index in [1.807, 2.05) is 37.5 Å². The van der Waals surface area contributed by atoms with Gasteiger partial charge in [-0.2, -0.15) is 0 Å². The molecule has 1 heterocycles. The van der Waals surface area contributed by atoms with Crippen LogP contribution < -0.4 is 4.74 Å². The molecule has 1 aromatic carbocycles. The lowest BCUT2D eigenvalue weighted by Gasteiger charge is -2.04. The standard InChI is InChI=1S/C10H8Br2N2O/c1-14-5-4-10(13-14)15-9-3-2-7(11)6-8(9)12/h2-6H,1H3. The molecular weight excluding hydrogens is 324 g/mol. The average molecular weight is 332 g/mol. The van der Waals surface area contributed by atoms with E-state index < -0.39 is 0 Å². The van der Waals surface area contributed by atoms with Crippen molar-refractivity contribution in [3.05, 3.63) is 39.4 Å². The molecule has 0 fully saturated rings. The summed E-state index contributed by atoms with van der Waals surface area (Å²) in [6.07, 6.45) is 1.84. The minimum absolute atomic E-state index is 0.584. The van der Waals surface area contributed by atoms with Crippen LogP contribution in [0.25, 0.3) is 0 Å². The van der Waals surface area contributed by atoms with Crippen molar-refractivity contribution in [1.29, 1.82) is 0 Å². The quantitative estimate of drug-likeness (QED) is 0.838. The molecule has 2 rings (SSSR count). The molecule has 5 heteroatoms. The van der Waals surface area contributed by atoms with Crippen LogP contribution in [0.2, 0.25) is 0 Å². The second-order valence-corrected chi connectivity index (χ2v) is 4.77. The summed E-state index contributed by atoms with van der Waals surface area (Å²) < 4.78 is 9.18. The summed E-state index contributed by atoms with van der Waals surface area (Å²) in [7, 11) is 1.85. The van der Waals surface area contributed by atoms with Gasteiger partial charge in [0.15, 0.2) is 0 Å². The molecule has 0 unspecified atom stereocenters. The van der Waals surface area contributed by atoms with Crippen LogP contribution in [0.5, 0.6) is 11.6 Å². The van der Waals surface area contributed by atoms with E-state index >= 15 is 0 Å². The molecule has 15 heavy (non-hydrogen) atoms. The largest absolute Gasteiger partial charge is 0.436 e. The molecule has 0 aliphatic heterocycles. The van der Waals surface area contributed by atoms with Crippen LogP contribution in [0, 0.1) is 0 Å². The first-order chi connectivity index (χ1) is 7.15. The summed E-state index contributed by atoms with van der Waals surface area (Å²) in [5.41, 5.74) is 0. The fraction of sp³-hybridized carbons (Fsp3) is 0.100. The van der Waals surface area contributed by atoms with Gasteiger partial charge in [-0.3, -0.25) is 4.68 Å². The summed E-state index contributed by atoms with van der Waals surface area (Å²) in [4.78, 5) is 0. The third-order valence-electron chi connectivity index (χ3n) is 1.80. The molecule has 0 atom stereocenters. The Morgan fingerprint density at radius 3 is 2.67 bits per heavy atom. The van der Waals surface area contributed by atoms with Gasteiger partial charge in [-0.25, -0.2) is 0 Å². The molecule has 0 spiro atoms. The summed E-state index contributed by atoms with van der Waals surface area (Å²) in [6.45, 7) is 0. The van der Waals surface area contributed by atoms with Crippen LogP contribution in [-0.4, -0.2) is 9.78 Å². The Morgan fingerprint density at radius 1 is 1.27 bits per heavy atom. The monoisotopic (exact) mass is 330 g/mol. The van der Waals surface area contributed by atoms with E-state index in [9.17, 15) is 0 Å². The van der Waals surface area contributed by atoms with Gasteiger partial charge in [0.1, 0.15) is 5.75 Å². The third-order valence-corrected chi connectivity index (χ3v) is 2.91. The first kappa shape index (κ1) is 10.7. The van der Waals surface area contributed by atoms with Crippen LogP contribution in [0.3, 0.4) is 0 Å². The molecule has 0 saturated carbocycles. The number of rotatable bonds is 2. The van der Waals surface area contributed by atoms with Crippen LogP contribution >= 0.6 is 31.9 Å². The normalized spacial score (nSPS) is 10.3. The van der Waals surface area contributed by atoms with Crippen LogP contribution in [-0.2, 0) is 7.05 Å². The van der Waals surface area contributed by atoms with Crippen molar-refractivity contribution in [3.63, 3.8) is 0 Å². The zero-order valence-corrected chi connectivity index (χ0v) is 11.1. The Morgan fingerprint density at radius 2 is 2.07 bits per heavy atom. The minimum atomic E-state index is 0.584. The number of aryl methyl sites for hydroxylation is 1. The molecular formula is C10H8Br2N2O. The fourth-order valence-electron chi connectivity index (χ4n) is 1.12. The topological polar surface area (TPSA) is 27.1 Å². The first-order valence-electron chi connectivity index (χ1n) is 4.28. The summed E-state index contributed by atoms with van der Waals surface area (Å²) in [5.74, 6) is 1.33. The van der Waals surface area contributed by atoms with Gasteiger partial charge in [0.25, 0.3) is 0 Å². The molecule has 1 aromatic heterocycles. The second-order valence-electron chi connectivity index (χ2n) is 3.00. The van der Waals surface area contributed by atoms with E-state index in [0.717, 1.165) is 14.7 Å². The Labute approximate surface area is 104 Å². The van der Waals surface area contributed by atoms with E-state index in [0.29, 0.717) is 5.88 Å². The highest BCUT2D eigenvalue weighted by atomic mass is 79.9. The average Bonchev–Trinajstić information content (AvgIpc) is 2.56. The number of benzene rings is 1. The van der Waals surface area contributed by atoms with Crippen LogP contribution in [0.15, 0.2) is 39.4 Å². The van der Waals surface area contributed by atoms with Crippen molar-refractivity contribution in [1.82, 2.24) is 9.78 Å². The van der Waals surface area contributed by atoms with Gasteiger partial charge in [0.2, 0.25) is 5.88 Å². The number of ether oxygens (including phenoxy) is 1. The van der Waals surface area contributed by atoms with Gasteiger partial charge in [-0.05, 0) is 34.1 Å². The van der Waals surface area contributed by atoms with Crippen molar-refractivity contribution < 1.29 is 4.74 Å². The summed E-state index contributed by atoms with van der Waals surface area (Å²) in [6, 6.07) is 7.54. The molecule has 2 aromatic rings. The highest BCUT2D eigenvalue weighted by Crippen LogP contribution is 2.31. The Balaban J connectivity index is 2.24. The first-order valence-corrected chi connectivity index (χ1v) is 5.86. The van der Waals surface area contributed by atoms with Crippen molar-refractivity contribution in [2.45, 2.75) is 0 Å². The van der Waals surface area contributed by atoms with E-state index in [4.69, 9.17) is 4.74 Å².